The zero-order valence-electron chi connectivity index (χ0n) is 12.2. The van der Waals surface area contributed by atoms with Gasteiger partial charge < -0.3 is 9.47 Å². The molecule has 2 rings (SSSR count). The third kappa shape index (κ3) is 3.91. The van der Waals surface area contributed by atoms with Crippen LogP contribution in [-0.4, -0.2) is 22.6 Å². The minimum Gasteiger partial charge on any atom is -0.497 e. The van der Waals surface area contributed by atoms with Gasteiger partial charge in [0.1, 0.15) is 16.4 Å². The molecular weight excluding hydrogens is 326 g/mol. The number of nitrogens with one attached hydrogen (secondary N) is 1. The molecule has 22 heavy (non-hydrogen) atoms. The monoisotopic (exact) mass is 341 g/mol. The van der Waals surface area contributed by atoms with Crippen LogP contribution in [0.4, 0.5) is 0 Å². The SMILES string of the molecule is COc1ccc(CNS(=O)(=O)c2cc(Cl)ccc2OC)cc1. The number of halogens is 1. The number of rotatable bonds is 6. The number of ether oxygens (including phenoxy) is 2. The van der Waals surface area contributed by atoms with Crippen molar-refractivity contribution in [2.75, 3.05) is 14.2 Å². The maximum Gasteiger partial charge on any atom is 0.244 e. The van der Waals surface area contributed by atoms with E-state index in [1.54, 1.807) is 37.4 Å². The van der Waals surface area contributed by atoms with Gasteiger partial charge in [-0.15, -0.1) is 0 Å². The zero-order valence-corrected chi connectivity index (χ0v) is 13.7. The molecule has 2 aromatic carbocycles. The minimum absolute atomic E-state index is 0.0102. The summed E-state index contributed by atoms with van der Waals surface area (Å²) in [4.78, 5) is 0.0102. The molecule has 0 aliphatic carbocycles. The van der Waals surface area contributed by atoms with Gasteiger partial charge in [-0.05, 0) is 35.9 Å². The van der Waals surface area contributed by atoms with Crippen LogP contribution < -0.4 is 14.2 Å². The van der Waals surface area contributed by atoms with Gasteiger partial charge in [0.2, 0.25) is 10.0 Å². The Balaban J connectivity index is 2.18. The quantitative estimate of drug-likeness (QED) is 0.877. The summed E-state index contributed by atoms with van der Waals surface area (Å²) in [7, 11) is -0.749. The summed E-state index contributed by atoms with van der Waals surface area (Å²) < 4.78 is 37.4. The molecule has 2 aromatic rings. The molecule has 1 N–H and O–H groups in total. The van der Waals surface area contributed by atoms with E-state index < -0.39 is 10.0 Å². The normalized spacial score (nSPS) is 11.2. The Morgan fingerprint density at radius 2 is 1.73 bits per heavy atom. The van der Waals surface area contributed by atoms with E-state index in [2.05, 4.69) is 4.72 Å². The number of sulfonamides is 1. The maximum absolute atomic E-state index is 12.4. The molecule has 0 aromatic heterocycles. The Bertz CT molecular complexity index is 745. The number of hydrogen-bond acceptors (Lipinski definition) is 4. The van der Waals surface area contributed by atoms with Crippen LogP contribution >= 0.6 is 11.6 Å². The van der Waals surface area contributed by atoms with Crippen LogP contribution in [0, 0.1) is 0 Å². The Labute approximate surface area is 134 Å². The van der Waals surface area contributed by atoms with Crippen molar-refractivity contribution < 1.29 is 17.9 Å². The third-order valence-electron chi connectivity index (χ3n) is 3.04. The van der Waals surface area contributed by atoms with Crippen LogP contribution in [0.3, 0.4) is 0 Å². The van der Waals surface area contributed by atoms with E-state index >= 15 is 0 Å². The summed E-state index contributed by atoms with van der Waals surface area (Å²) in [6, 6.07) is 11.6. The summed E-state index contributed by atoms with van der Waals surface area (Å²) in [6.45, 7) is 0.155. The third-order valence-corrected chi connectivity index (χ3v) is 4.70. The second-order valence-corrected chi connectivity index (χ2v) is 6.64. The Hall–Kier alpha value is -1.76. The van der Waals surface area contributed by atoms with Crippen molar-refractivity contribution in [3.63, 3.8) is 0 Å². The fourth-order valence-electron chi connectivity index (χ4n) is 1.86. The lowest BCUT2D eigenvalue weighted by Gasteiger charge is -2.11. The number of methoxy groups -OCH3 is 2. The molecule has 0 bridgehead atoms. The summed E-state index contributed by atoms with van der Waals surface area (Å²) in [5.41, 5.74) is 0.811. The molecule has 0 saturated heterocycles. The van der Waals surface area contributed by atoms with Gasteiger partial charge >= 0.3 is 0 Å². The van der Waals surface area contributed by atoms with Gasteiger partial charge in [0.05, 0.1) is 14.2 Å². The topological polar surface area (TPSA) is 64.6 Å². The summed E-state index contributed by atoms with van der Waals surface area (Å²) in [5.74, 6) is 0.953. The van der Waals surface area contributed by atoms with Gasteiger partial charge in [-0.1, -0.05) is 23.7 Å². The van der Waals surface area contributed by atoms with E-state index in [9.17, 15) is 8.42 Å². The van der Waals surface area contributed by atoms with Gasteiger partial charge in [0, 0.05) is 11.6 Å². The molecule has 0 saturated carbocycles. The van der Waals surface area contributed by atoms with Crippen molar-refractivity contribution in [3.8, 4) is 11.5 Å². The average Bonchev–Trinajstić information content (AvgIpc) is 2.53. The van der Waals surface area contributed by atoms with E-state index in [0.29, 0.717) is 10.8 Å². The molecule has 0 fully saturated rings. The van der Waals surface area contributed by atoms with Gasteiger partial charge in [0.25, 0.3) is 0 Å². The highest BCUT2D eigenvalue weighted by molar-refractivity contribution is 7.89. The van der Waals surface area contributed by atoms with Gasteiger partial charge in [-0.3, -0.25) is 0 Å². The molecule has 118 valence electrons. The van der Waals surface area contributed by atoms with Gasteiger partial charge in [-0.25, -0.2) is 13.1 Å². The second kappa shape index (κ2) is 7.00. The molecular formula is C15H16ClNO4S. The molecule has 0 aliphatic rings. The molecule has 0 radical (unpaired) electrons. The van der Waals surface area contributed by atoms with E-state index in [4.69, 9.17) is 21.1 Å². The highest BCUT2D eigenvalue weighted by Gasteiger charge is 2.19. The first-order valence-corrected chi connectivity index (χ1v) is 8.28. The van der Waals surface area contributed by atoms with E-state index in [-0.39, 0.29) is 17.2 Å². The van der Waals surface area contributed by atoms with Crippen LogP contribution in [0.5, 0.6) is 11.5 Å². The first-order chi connectivity index (χ1) is 10.5. The maximum atomic E-state index is 12.4. The lowest BCUT2D eigenvalue weighted by atomic mass is 10.2. The molecule has 0 spiro atoms. The number of hydrogen-bond donors (Lipinski definition) is 1. The van der Waals surface area contributed by atoms with Gasteiger partial charge in [0.15, 0.2) is 0 Å². The molecule has 5 nitrogen and oxygen atoms in total. The molecule has 0 aliphatic heterocycles. The van der Waals surface area contributed by atoms with Gasteiger partial charge in [-0.2, -0.15) is 0 Å². The fraction of sp³-hybridized carbons (Fsp3) is 0.200. The van der Waals surface area contributed by atoms with Crippen molar-refractivity contribution in [1.29, 1.82) is 0 Å². The van der Waals surface area contributed by atoms with Crippen LogP contribution in [0.15, 0.2) is 47.4 Å². The molecule has 0 atom stereocenters. The predicted molar refractivity (Wildman–Crippen MR) is 85.0 cm³/mol. The highest BCUT2D eigenvalue weighted by Crippen LogP contribution is 2.27. The Kier molecular flexibility index (Phi) is 5.28. The van der Waals surface area contributed by atoms with Crippen LogP contribution in [0.2, 0.25) is 5.02 Å². The second-order valence-electron chi connectivity index (χ2n) is 4.47. The zero-order chi connectivity index (χ0) is 16.2. The largest absolute Gasteiger partial charge is 0.497 e. The predicted octanol–water partition coefficient (Wildman–Crippen LogP) is 2.84. The average molecular weight is 342 g/mol. The number of benzene rings is 2. The molecule has 0 amide bonds. The van der Waals surface area contributed by atoms with Crippen molar-refractivity contribution >= 4 is 21.6 Å². The fourth-order valence-corrected chi connectivity index (χ4v) is 3.31. The lowest BCUT2D eigenvalue weighted by molar-refractivity contribution is 0.402. The Morgan fingerprint density at radius 3 is 2.32 bits per heavy atom. The first kappa shape index (κ1) is 16.6. The van der Waals surface area contributed by atoms with Crippen LogP contribution in [0.1, 0.15) is 5.56 Å². The van der Waals surface area contributed by atoms with Crippen LogP contribution in [0.25, 0.3) is 0 Å². The molecule has 0 unspecified atom stereocenters. The minimum atomic E-state index is -3.73. The van der Waals surface area contributed by atoms with E-state index in [1.165, 1.54) is 19.2 Å². The molecule has 7 heteroatoms. The lowest BCUT2D eigenvalue weighted by Crippen LogP contribution is -2.23. The smallest absolute Gasteiger partial charge is 0.244 e. The summed E-state index contributed by atoms with van der Waals surface area (Å²) >= 11 is 5.87. The van der Waals surface area contributed by atoms with Crippen molar-refractivity contribution in [2.24, 2.45) is 0 Å². The summed E-state index contributed by atoms with van der Waals surface area (Å²) in [5, 5.41) is 0.325. The first-order valence-electron chi connectivity index (χ1n) is 6.42. The van der Waals surface area contributed by atoms with Crippen molar-refractivity contribution in [3.05, 3.63) is 53.1 Å². The van der Waals surface area contributed by atoms with Crippen molar-refractivity contribution in [1.82, 2.24) is 4.72 Å². The highest BCUT2D eigenvalue weighted by atomic mass is 35.5. The standard InChI is InChI=1S/C15H16ClNO4S/c1-20-13-6-3-11(4-7-13)10-17-22(18,19)15-9-12(16)5-8-14(15)21-2/h3-9,17H,10H2,1-2H3. The van der Waals surface area contributed by atoms with E-state index in [1.807, 2.05) is 0 Å². The molecule has 0 heterocycles. The van der Waals surface area contributed by atoms with E-state index in [0.717, 1.165) is 5.56 Å². The van der Waals surface area contributed by atoms with Crippen LogP contribution in [-0.2, 0) is 16.6 Å². The Morgan fingerprint density at radius 1 is 1.05 bits per heavy atom. The summed E-state index contributed by atoms with van der Waals surface area (Å²) in [6.07, 6.45) is 0. The van der Waals surface area contributed by atoms with Crippen molar-refractivity contribution in [2.45, 2.75) is 11.4 Å².